The Balaban J connectivity index is 1.63. The maximum absolute atomic E-state index is 11.7. The monoisotopic (exact) mass is 406 g/mol. The van der Waals surface area contributed by atoms with E-state index in [2.05, 4.69) is 27.7 Å². The molecule has 4 saturated carbocycles. The van der Waals surface area contributed by atoms with Gasteiger partial charge < -0.3 is 15.3 Å². The Morgan fingerprint density at radius 1 is 0.931 bits per heavy atom. The van der Waals surface area contributed by atoms with Gasteiger partial charge in [-0.05, 0) is 110 Å². The van der Waals surface area contributed by atoms with Gasteiger partial charge in [0.2, 0.25) is 0 Å². The Kier molecular flexibility index (Phi) is 6.17. The predicted octanol–water partition coefficient (Wildman–Crippen LogP) is 5.02. The zero-order valence-electron chi connectivity index (χ0n) is 19.3. The Labute approximate surface area is 178 Å². The first kappa shape index (κ1) is 22.1. The predicted molar refractivity (Wildman–Crippen MR) is 117 cm³/mol. The van der Waals surface area contributed by atoms with Gasteiger partial charge >= 0.3 is 0 Å². The highest BCUT2D eigenvalue weighted by molar-refractivity contribution is 5.13. The van der Waals surface area contributed by atoms with Crippen molar-refractivity contribution in [2.45, 2.75) is 104 Å². The number of hydrogen-bond donors (Lipinski definition) is 3. The minimum absolute atomic E-state index is 0.164. The lowest BCUT2D eigenvalue weighted by Crippen LogP contribution is -2.62. The van der Waals surface area contributed by atoms with E-state index in [1.807, 2.05) is 0 Å². The molecule has 0 bridgehead atoms. The van der Waals surface area contributed by atoms with Crippen LogP contribution in [0.4, 0.5) is 0 Å². The summed E-state index contributed by atoms with van der Waals surface area (Å²) in [4.78, 5) is 0. The molecule has 11 atom stereocenters. The fourth-order valence-corrected chi connectivity index (χ4v) is 9.55. The van der Waals surface area contributed by atoms with Gasteiger partial charge in [-0.2, -0.15) is 0 Å². The second-order valence-corrected chi connectivity index (χ2v) is 12.0. The van der Waals surface area contributed by atoms with Crippen LogP contribution in [-0.2, 0) is 0 Å². The van der Waals surface area contributed by atoms with E-state index in [9.17, 15) is 15.3 Å². The molecule has 0 aromatic rings. The number of hydrogen-bond acceptors (Lipinski definition) is 3. The van der Waals surface area contributed by atoms with Gasteiger partial charge in [-0.3, -0.25) is 0 Å². The average molecular weight is 407 g/mol. The van der Waals surface area contributed by atoms with Crippen LogP contribution in [0.15, 0.2) is 0 Å². The van der Waals surface area contributed by atoms with Crippen LogP contribution < -0.4 is 0 Å². The number of rotatable bonds is 5. The molecule has 4 aliphatic rings. The van der Waals surface area contributed by atoms with Crippen molar-refractivity contribution in [3.63, 3.8) is 0 Å². The van der Waals surface area contributed by atoms with Crippen LogP contribution in [0.5, 0.6) is 0 Å². The molecule has 3 unspecified atom stereocenters. The minimum Gasteiger partial charge on any atom is -0.396 e. The molecule has 0 heterocycles. The van der Waals surface area contributed by atoms with Crippen molar-refractivity contribution in [2.75, 3.05) is 6.61 Å². The van der Waals surface area contributed by atoms with Gasteiger partial charge in [0.05, 0.1) is 12.2 Å². The lowest BCUT2D eigenvalue weighted by atomic mass is 9.41. The topological polar surface area (TPSA) is 60.7 Å². The molecular formula is C26H46O3. The molecule has 0 amide bonds. The van der Waals surface area contributed by atoms with E-state index in [-0.39, 0.29) is 12.2 Å². The number of aliphatic hydroxyl groups excluding tert-OH is 3. The molecule has 0 aromatic heterocycles. The van der Waals surface area contributed by atoms with Crippen molar-refractivity contribution in [2.24, 2.45) is 52.3 Å². The second kappa shape index (κ2) is 8.10. The Morgan fingerprint density at radius 3 is 2.31 bits per heavy atom. The highest BCUT2D eigenvalue weighted by Gasteiger charge is 2.64. The summed E-state index contributed by atoms with van der Waals surface area (Å²) >= 11 is 0. The van der Waals surface area contributed by atoms with Crippen molar-refractivity contribution >= 4 is 0 Å². The summed E-state index contributed by atoms with van der Waals surface area (Å²) in [6.07, 6.45) is 10.9. The molecule has 0 saturated heterocycles. The number of aliphatic hydroxyl groups is 3. The molecule has 0 aromatic carbocycles. The van der Waals surface area contributed by atoms with E-state index in [0.717, 1.165) is 44.4 Å². The molecular weight excluding hydrogens is 360 g/mol. The molecule has 0 spiro atoms. The van der Waals surface area contributed by atoms with Gasteiger partial charge in [0.1, 0.15) is 0 Å². The fourth-order valence-electron chi connectivity index (χ4n) is 9.55. The zero-order chi connectivity index (χ0) is 21.0. The van der Waals surface area contributed by atoms with Crippen LogP contribution in [0.25, 0.3) is 0 Å². The molecule has 3 heteroatoms. The van der Waals surface area contributed by atoms with Gasteiger partial charge in [-0.25, -0.2) is 0 Å². The van der Waals surface area contributed by atoms with E-state index in [4.69, 9.17) is 0 Å². The SMILES string of the molecule is CC[C@@H]1[C@@H](O)C2C3CC[C@H]([C@H](C)CCCO)[C@@]3(C)CCC2[C@@]2(C)CC[C@H](O)C[C@@H]12. The molecule has 29 heavy (non-hydrogen) atoms. The standard InChI is InChI=1S/C26H46O3/c1-5-18-22-15-17(28)10-12-26(22,4)21-11-13-25(3)19(16(2)7-6-14-27)8-9-20(25)23(21)24(18)29/h16-24,27-29H,5-15H2,1-4H3/t16-,17+,18+,19-,20?,21?,22+,23?,24-,25-,26-/m1/s1. The largest absolute Gasteiger partial charge is 0.396 e. The maximum atomic E-state index is 11.7. The average Bonchev–Trinajstić information content (AvgIpc) is 3.05. The summed E-state index contributed by atoms with van der Waals surface area (Å²) in [6, 6.07) is 0. The molecule has 3 nitrogen and oxygen atoms in total. The molecule has 168 valence electrons. The Hall–Kier alpha value is -0.120. The van der Waals surface area contributed by atoms with Crippen LogP contribution in [0.1, 0.15) is 91.9 Å². The van der Waals surface area contributed by atoms with Crippen LogP contribution in [0, 0.1) is 52.3 Å². The van der Waals surface area contributed by atoms with Crippen LogP contribution in [0.2, 0.25) is 0 Å². The first-order valence-electron chi connectivity index (χ1n) is 12.7. The van der Waals surface area contributed by atoms with Gasteiger partial charge in [-0.15, -0.1) is 0 Å². The van der Waals surface area contributed by atoms with Crippen molar-refractivity contribution in [3.05, 3.63) is 0 Å². The summed E-state index contributed by atoms with van der Waals surface area (Å²) in [5.41, 5.74) is 0.651. The summed E-state index contributed by atoms with van der Waals surface area (Å²) < 4.78 is 0. The third-order valence-electron chi connectivity index (χ3n) is 11.0. The van der Waals surface area contributed by atoms with E-state index in [1.54, 1.807) is 0 Å². The summed E-state index contributed by atoms with van der Waals surface area (Å²) in [5.74, 6) is 3.97. The summed E-state index contributed by atoms with van der Waals surface area (Å²) in [5, 5.41) is 31.4. The van der Waals surface area contributed by atoms with Gasteiger partial charge in [-0.1, -0.05) is 34.1 Å². The summed E-state index contributed by atoms with van der Waals surface area (Å²) in [6.45, 7) is 10.0. The quantitative estimate of drug-likeness (QED) is 0.601. The van der Waals surface area contributed by atoms with Crippen molar-refractivity contribution in [1.82, 2.24) is 0 Å². The van der Waals surface area contributed by atoms with E-state index in [1.165, 1.54) is 25.7 Å². The minimum atomic E-state index is -0.190. The summed E-state index contributed by atoms with van der Waals surface area (Å²) in [7, 11) is 0. The van der Waals surface area contributed by atoms with Crippen molar-refractivity contribution < 1.29 is 15.3 Å². The third kappa shape index (κ3) is 3.33. The van der Waals surface area contributed by atoms with Crippen molar-refractivity contribution in [1.29, 1.82) is 0 Å². The highest BCUT2D eigenvalue weighted by Crippen LogP contribution is 2.69. The first-order valence-corrected chi connectivity index (χ1v) is 12.7. The van der Waals surface area contributed by atoms with Gasteiger partial charge in [0.15, 0.2) is 0 Å². The maximum Gasteiger partial charge on any atom is 0.0605 e. The molecule has 3 N–H and O–H groups in total. The molecule has 4 aliphatic carbocycles. The van der Waals surface area contributed by atoms with Gasteiger partial charge in [0, 0.05) is 6.61 Å². The zero-order valence-corrected chi connectivity index (χ0v) is 19.3. The molecule has 0 aliphatic heterocycles. The smallest absolute Gasteiger partial charge is 0.0605 e. The highest BCUT2D eigenvalue weighted by atomic mass is 16.3. The Morgan fingerprint density at radius 2 is 1.62 bits per heavy atom. The lowest BCUT2D eigenvalue weighted by Gasteiger charge is -2.64. The van der Waals surface area contributed by atoms with Gasteiger partial charge in [0.25, 0.3) is 0 Å². The lowest BCUT2D eigenvalue weighted by molar-refractivity contribution is -0.203. The first-order chi connectivity index (χ1) is 13.8. The molecule has 4 rings (SSSR count). The van der Waals surface area contributed by atoms with Crippen LogP contribution in [-0.4, -0.2) is 34.1 Å². The normalized spacial score (nSPS) is 53.1. The van der Waals surface area contributed by atoms with E-state index in [0.29, 0.717) is 52.9 Å². The van der Waals surface area contributed by atoms with Crippen LogP contribution >= 0.6 is 0 Å². The second-order valence-electron chi connectivity index (χ2n) is 12.0. The van der Waals surface area contributed by atoms with Crippen LogP contribution in [0.3, 0.4) is 0 Å². The van der Waals surface area contributed by atoms with E-state index < -0.39 is 0 Å². The fraction of sp³-hybridized carbons (Fsp3) is 1.00. The van der Waals surface area contributed by atoms with Crippen molar-refractivity contribution in [3.8, 4) is 0 Å². The third-order valence-corrected chi connectivity index (χ3v) is 11.0. The van der Waals surface area contributed by atoms with E-state index >= 15 is 0 Å². The molecule has 4 fully saturated rings. The molecule has 0 radical (unpaired) electrons. The number of fused-ring (bicyclic) bond motifs is 5. The Bertz CT molecular complexity index is 578.